The Morgan fingerprint density at radius 2 is 1.53 bits per heavy atom. The topological polar surface area (TPSA) is 102 Å². The number of carbonyl (C=O) groups is 3. The summed E-state index contributed by atoms with van der Waals surface area (Å²) in [6.07, 6.45) is 20.3. The first-order valence-corrected chi connectivity index (χ1v) is 19.4. The standard InChI is InChI=1S/C22H29NO2S.C17H34N2O2/c1-3-13-23(14-12-19-8-6-15-26-19)18-10-11-20-17(16-18)7-5-9-21(20)25-22(24)4-2;1-2-19-17(21)15-13-11-9-7-5-3-4-6-8-10-12-14-16(18)20/h5-9,15,18H,3-4,10-14,16H2,1-2H3;2-15H2,1H3,(H2,18,20)(H,19,21)/t18-;/m1./s1. The van der Waals surface area contributed by atoms with Crippen molar-refractivity contribution in [3.63, 3.8) is 0 Å². The molecule has 1 aliphatic rings. The number of thiophene rings is 1. The highest BCUT2D eigenvalue weighted by Crippen LogP contribution is 2.32. The highest BCUT2D eigenvalue weighted by atomic mass is 32.1. The van der Waals surface area contributed by atoms with Crippen LogP contribution in [0, 0.1) is 0 Å². The monoisotopic (exact) mass is 669 g/mol. The van der Waals surface area contributed by atoms with Crippen molar-refractivity contribution in [2.24, 2.45) is 5.73 Å². The van der Waals surface area contributed by atoms with Gasteiger partial charge in [0.05, 0.1) is 0 Å². The van der Waals surface area contributed by atoms with E-state index in [0.717, 1.165) is 70.3 Å². The lowest BCUT2D eigenvalue weighted by molar-refractivity contribution is -0.134. The molecule has 0 bridgehead atoms. The van der Waals surface area contributed by atoms with E-state index in [2.05, 4.69) is 40.7 Å². The molecule has 0 radical (unpaired) electrons. The van der Waals surface area contributed by atoms with E-state index in [-0.39, 0.29) is 17.8 Å². The van der Waals surface area contributed by atoms with Gasteiger partial charge in [0, 0.05) is 43.3 Å². The van der Waals surface area contributed by atoms with E-state index >= 15 is 0 Å². The zero-order valence-electron chi connectivity index (χ0n) is 29.7. The lowest BCUT2D eigenvalue weighted by Crippen LogP contribution is -2.41. The number of primary amides is 1. The predicted molar refractivity (Wildman–Crippen MR) is 196 cm³/mol. The number of benzene rings is 1. The highest BCUT2D eigenvalue weighted by Gasteiger charge is 2.26. The summed E-state index contributed by atoms with van der Waals surface area (Å²) in [4.78, 5) is 37.6. The molecule has 2 amide bonds. The molecule has 8 heteroatoms. The Morgan fingerprint density at radius 1 is 0.872 bits per heavy atom. The molecule has 0 spiro atoms. The third-order valence-corrected chi connectivity index (χ3v) is 9.82. The summed E-state index contributed by atoms with van der Waals surface area (Å²) in [5, 5.41) is 4.99. The second-order valence-electron chi connectivity index (χ2n) is 12.8. The molecule has 0 fully saturated rings. The van der Waals surface area contributed by atoms with Gasteiger partial charge in [-0.15, -0.1) is 11.3 Å². The summed E-state index contributed by atoms with van der Waals surface area (Å²) in [5.41, 5.74) is 7.68. The van der Waals surface area contributed by atoms with Crippen LogP contribution in [0.3, 0.4) is 0 Å². The van der Waals surface area contributed by atoms with Crippen LogP contribution < -0.4 is 15.8 Å². The molecule has 1 aliphatic carbocycles. The Balaban J connectivity index is 0.000000336. The van der Waals surface area contributed by atoms with Crippen molar-refractivity contribution in [1.29, 1.82) is 0 Å². The molecular weight excluding hydrogens is 607 g/mol. The number of rotatable bonds is 23. The minimum atomic E-state index is -0.179. The second-order valence-corrected chi connectivity index (χ2v) is 13.8. The summed E-state index contributed by atoms with van der Waals surface area (Å²) in [7, 11) is 0. The Kier molecular flexibility index (Phi) is 21.8. The molecule has 3 rings (SSSR count). The van der Waals surface area contributed by atoms with E-state index in [9.17, 15) is 14.4 Å². The normalized spacial score (nSPS) is 13.8. The number of nitrogens with one attached hydrogen (secondary N) is 1. The molecule has 0 saturated heterocycles. The zero-order valence-corrected chi connectivity index (χ0v) is 30.5. The molecule has 1 aromatic heterocycles. The number of esters is 1. The summed E-state index contributed by atoms with van der Waals surface area (Å²) in [6, 6.07) is 11.1. The molecule has 7 nitrogen and oxygen atoms in total. The number of nitrogens with zero attached hydrogens (tertiary/aromatic N) is 1. The van der Waals surface area contributed by atoms with Crippen LogP contribution in [0.5, 0.6) is 5.75 Å². The zero-order chi connectivity index (χ0) is 34.1. The predicted octanol–water partition coefficient (Wildman–Crippen LogP) is 8.55. The van der Waals surface area contributed by atoms with E-state index < -0.39 is 0 Å². The lowest BCUT2D eigenvalue weighted by Gasteiger charge is -2.35. The number of unbranched alkanes of at least 4 members (excludes halogenated alkanes) is 10. The van der Waals surface area contributed by atoms with Crippen LogP contribution in [0.2, 0.25) is 0 Å². The smallest absolute Gasteiger partial charge is 0.310 e. The summed E-state index contributed by atoms with van der Waals surface area (Å²) >= 11 is 1.85. The Labute approximate surface area is 289 Å². The summed E-state index contributed by atoms with van der Waals surface area (Å²) in [6.45, 7) is 9.06. The van der Waals surface area contributed by atoms with Crippen LogP contribution in [0.15, 0.2) is 35.7 Å². The van der Waals surface area contributed by atoms with Crippen LogP contribution in [0.4, 0.5) is 0 Å². The van der Waals surface area contributed by atoms with Gasteiger partial charge in [-0.05, 0) is 87.1 Å². The van der Waals surface area contributed by atoms with E-state index in [4.69, 9.17) is 10.5 Å². The van der Waals surface area contributed by atoms with Crippen molar-refractivity contribution in [3.8, 4) is 5.75 Å². The number of carbonyl (C=O) groups excluding carboxylic acids is 3. The Bertz CT molecular complexity index is 1140. The maximum absolute atomic E-state index is 11.7. The van der Waals surface area contributed by atoms with Crippen molar-refractivity contribution >= 4 is 29.1 Å². The van der Waals surface area contributed by atoms with Gasteiger partial charge in [-0.2, -0.15) is 0 Å². The largest absolute Gasteiger partial charge is 0.426 e. The molecule has 2 aromatic rings. The number of ether oxygens (including phenoxy) is 1. The molecule has 0 saturated carbocycles. The number of hydrogen-bond donors (Lipinski definition) is 2. The highest BCUT2D eigenvalue weighted by molar-refractivity contribution is 7.09. The first kappa shape index (κ1) is 40.5. The average molecular weight is 670 g/mol. The van der Waals surface area contributed by atoms with Gasteiger partial charge in [-0.1, -0.05) is 89.8 Å². The molecule has 1 heterocycles. The molecule has 47 heavy (non-hydrogen) atoms. The third kappa shape index (κ3) is 17.9. The van der Waals surface area contributed by atoms with E-state index in [1.165, 1.54) is 73.8 Å². The molecule has 0 unspecified atom stereocenters. The lowest BCUT2D eigenvalue weighted by atomic mass is 9.86. The van der Waals surface area contributed by atoms with Crippen LogP contribution in [0.1, 0.15) is 140 Å². The van der Waals surface area contributed by atoms with Crippen LogP contribution in [-0.4, -0.2) is 48.4 Å². The SMILES string of the molecule is CCCN(CCc1cccs1)[C@@H]1CCc2c(cccc2OC(=O)CC)C1.CCNC(=O)CCCCCCCCCCCCCC(N)=O. The Hall–Kier alpha value is -2.71. The van der Waals surface area contributed by atoms with Gasteiger partial charge < -0.3 is 15.8 Å². The first-order chi connectivity index (χ1) is 22.9. The van der Waals surface area contributed by atoms with Gasteiger partial charge in [0.15, 0.2) is 0 Å². The fourth-order valence-electron chi connectivity index (χ4n) is 6.29. The van der Waals surface area contributed by atoms with Crippen molar-refractivity contribution in [2.45, 2.75) is 149 Å². The van der Waals surface area contributed by atoms with Crippen molar-refractivity contribution < 1.29 is 19.1 Å². The van der Waals surface area contributed by atoms with Gasteiger partial charge in [0.1, 0.15) is 5.75 Å². The van der Waals surface area contributed by atoms with Gasteiger partial charge in [-0.25, -0.2) is 0 Å². The fourth-order valence-corrected chi connectivity index (χ4v) is 6.99. The summed E-state index contributed by atoms with van der Waals surface area (Å²) < 4.78 is 5.55. The van der Waals surface area contributed by atoms with E-state index in [0.29, 0.717) is 25.3 Å². The molecule has 264 valence electrons. The van der Waals surface area contributed by atoms with Crippen molar-refractivity contribution in [3.05, 3.63) is 51.7 Å². The van der Waals surface area contributed by atoms with Gasteiger partial charge >= 0.3 is 5.97 Å². The summed E-state index contributed by atoms with van der Waals surface area (Å²) in [5.74, 6) is 0.633. The van der Waals surface area contributed by atoms with E-state index in [1.807, 2.05) is 37.3 Å². The van der Waals surface area contributed by atoms with Crippen molar-refractivity contribution in [1.82, 2.24) is 10.2 Å². The molecular formula is C39H63N3O4S. The van der Waals surface area contributed by atoms with Crippen molar-refractivity contribution in [2.75, 3.05) is 19.6 Å². The second kappa shape index (κ2) is 25.3. The maximum Gasteiger partial charge on any atom is 0.310 e. The van der Waals surface area contributed by atoms with E-state index in [1.54, 1.807) is 0 Å². The Morgan fingerprint density at radius 3 is 2.11 bits per heavy atom. The number of amides is 2. The van der Waals surface area contributed by atoms with Gasteiger partial charge in [0.25, 0.3) is 0 Å². The molecule has 3 N–H and O–H groups in total. The van der Waals surface area contributed by atoms with Gasteiger partial charge in [0.2, 0.25) is 11.8 Å². The first-order valence-electron chi connectivity index (χ1n) is 18.5. The van der Waals surface area contributed by atoms with Crippen LogP contribution >= 0.6 is 11.3 Å². The minimum absolute atomic E-state index is 0.149. The third-order valence-electron chi connectivity index (χ3n) is 8.88. The minimum Gasteiger partial charge on any atom is -0.426 e. The maximum atomic E-state index is 11.7. The molecule has 1 atom stereocenters. The quantitative estimate of drug-likeness (QED) is 0.0702. The fraction of sp³-hybridized carbons (Fsp3) is 0.667. The number of fused-ring (bicyclic) bond motifs is 1. The molecule has 0 aliphatic heterocycles. The number of nitrogens with two attached hydrogens (primary N) is 1. The number of hydrogen-bond acceptors (Lipinski definition) is 6. The molecule has 1 aromatic carbocycles. The van der Waals surface area contributed by atoms with Gasteiger partial charge in [-0.3, -0.25) is 19.3 Å². The van der Waals surface area contributed by atoms with Crippen LogP contribution in [-0.2, 0) is 33.6 Å². The van der Waals surface area contributed by atoms with Crippen LogP contribution in [0.25, 0.3) is 0 Å². The average Bonchev–Trinajstić information content (AvgIpc) is 3.59.